The molecule has 2 atom stereocenters. The minimum absolute atomic E-state index is 0.0158. The Morgan fingerprint density at radius 2 is 1.62 bits per heavy atom. The molecule has 0 aliphatic rings. The van der Waals surface area contributed by atoms with E-state index in [1.807, 2.05) is 0 Å². The van der Waals surface area contributed by atoms with Gasteiger partial charge in [-0.05, 0) is 41.0 Å². The Labute approximate surface area is 185 Å². The molecule has 166 valence electrons. The van der Waals surface area contributed by atoms with Crippen molar-refractivity contribution < 1.29 is 29.0 Å². The molecule has 3 rings (SSSR count). The summed E-state index contributed by atoms with van der Waals surface area (Å²) in [5.41, 5.74) is -0.660. The number of carbonyl (C=O) groups excluding carboxylic acids is 1. The van der Waals surface area contributed by atoms with Gasteiger partial charge in [0.25, 0.3) is 5.69 Å². The molecule has 0 saturated heterocycles. The third-order valence-corrected chi connectivity index (χ3v) is 5.12. The SMILES string of the molecule is COC(=O)[C@](OCc1ccc(OC)cc1)(c1ccccc1)[C@H](O)c1ccc([N+](=O)[O-])cc1. The quantitative estimate of drug-likeness (QED) is 0.307. The van der Waals surface area contributed by atoms with Gasteiger partial charge >= 0.3 is 5.97 Å². The van der Waals surface area contributed by atoms with E-state index in [2.05, 4.69) is 0 Å². The zero-order chi connectivity index (χ0) is 23.1. The fourth-order valence-electron chi connectivity index (χ4n) is 3.38. The summed E-state index contributed by atoms with van der Waals surface area (Å²) in [6, 6.07) is 20.9. The number of ether oxygens (including phenoxy) is 3. The van der Waals surface area contributed by atoms with Crippen molar-refractivity contribution in [1.82, 2.24) is 0 Å². The van der Waals surface area contributed by atoms with Gasteiger partial charge in [0.1, 0.15) is 11.9 Å². The molecule has 0 aliphatic carbocycles. The fraction of sp³-hybridized carbons (Fsp3) is 0.208. The molecule has 8 heteroatoms. The summed E-state index contributed by atoms with van der Waals surface area (Å²) in [6.45, 7) is -0.0158. The van der Waals surface area contributed by atoms with Crippen LogP contribution in [0.25, 0.3) is 0 Å². The second kappa shape index (κ2) is 10.0. The second-order valence-electron chi connectivity index (χ2n) is 6.98. The van der Waals surface area contributed by atoms with Crippen molar-refractivity contribution in [3.8, 4) is 5.75 Å². The molecule has 0 saturated carbocycles. The Balaban J connectivity index is 2.05. The first-order valence-corrected chi connectivity index (χ1v) is 9.75. The van der Waals surface area contributed by atoms with Gasteiger partial charge in [0.15, 0.2) is 0 Å². The number of non-ortho nitro benzene ring substituents is 1. The minimum Gasteiger partial charge on any atom is -0.497 e. The van der Waals surface area contributed by atoms with Gasteiger partial charge in [-0.2, -0.15) is 0 Å². The molecule has 1 N–H and O–H groups in total. The van der Waals surface area contributed by atoms with Gasteiger partial charge in [0.05, 0.1) is 25.7 Å². The third-order valence-electron chi connectivity index (χ3n) is 5.12. The number of carbonyl (C=O) groups is 1. The lowest BCUT2D eigenvalue weighted by Gasteiger charge is -2.36. The summed E-state index contributed by atoms with van der Waals surface area (Å²) in [7, 11) is 2.77. The van der Waals surface area contributed by atoms with Crippen LogP contribution in [0, 0.1) is 10.1 Å². The van der Waals surface area contributed by atoms with Gasteiger partial charge in [0, 0.05) is 12.1 Å². The van der Waals surface area contributed by atoms with Crippen LogP contribution in [-0.2, 0) is 26.5 Å². The van der Waals surface area contributed by atoms with Crippen molar-refractivity contribution in [1.29, 1.82) is 0 Å². The van der Waals surface area contributed by atoms with E-state index < -0.39 is 22.6 Å². The van der Waals surface area contributed by atoms with Gasteiger partial charge in [-0.3, -0.25) is 10.1 Å². The Morgan fingerprint density at radius 1 is 1.00 bits per heavy atom. The molecule has 0 fully saturated rings. The summed E-state index contributed by atoms with van der Waals surface area (Å²) in [5, 5.41) is 22.4. The highest BCUT2D eigenvalue weighted by Crippen LogP contribution is 2.41. The highest BCUT2D eigenvalue weighted by atomic mass is 16.6. The van der Waals surface area contributed by atoms with Crippen molar-refractivity contribution in [3.63, 3.8) is 0 Å². The first-order chi connectivity index (χ1) is 15.4. The van der Waals surface area contributed by atoms with Gasteiger partial charge in [-0.25, -0.2) is 4.79 Å². The van der Waals surface area contributed by atoms with E-state index in [1.54, 1.807) is 61.7 Å². The largest absolute Gasteiger partial charge is 0.497 e. The van der Waals surface area contributed by atoms with Crippen LogP contribution in [-0.4, -0.2) is 30.2 Å². The number of benzene rings is 3. The predicted octanol–water partition coefficient (Wildman–Crippen LogP) is 3.92. The van der Waals surface area contributed by atoms with Gasteiger partial charge in [-0.15, -0.1) is 0 Å². The van der Waals surface area contributed by atoms with Crippen molar-refractivity contribution in [2.24, 2.45) is 0 Å². The number of nitrogens with zero attached hydrogens (tertiary/aromatic N) is 1. The summed E-state index contributed by atoms with van der Waals surface area (Å²) >= 11 is 0. The lowest BCUT2D eigenvalue weighted by Crippen LogP contribution is -2.45. The van der Waals surface area contributed by atoms with E-state index in [-0.39, 0.29) is 17.9 Å². The second-order valence-corrected chi connectivity index (χ2v) is 6.98. The van der Waals surface area contributed by atoms with Gasteiger partial charge in [0.2, 0.25) is 5.60 Å². The summed E-state index contributed by atoms with van der Waals surface area (Å²) in [6.07, 6.45) is -1.50. The van der Waals surface area contributed by atoms with E-state index in [0.717, 1.165) is 5.56 Å². The van der Waals surface area contributed by atoms with Crippen molar-refractivity contribution >= 4 is 11.7 Å². The van der Waals surface area contributed by atoms with Crippen molar-refractivity contribution in [2.45, 2.75) is 18.3 Å². The molecule has 0 radical (unpaired) electrons. The van der Waals surface area contributed by atoms with Crippen molar-refractivity contribution in [2.75, 3.05) is 14.2 Å². The lowest BCUT2D eigenvalue weighted by atomic mass is 9.84. The Bertz CT molecular complexity index is 1050. The number of hydrogen-bond donors (Lipinski definition) is 1. The monoisotopic (exact) mass is 437 g/mol. The molecule has 0 aliphatic heterocycles. The minimum atomic E-state index is -1.91. The standard InChI is InChI=1S/C24H23NO7/c1-30-21-14-8-17(9-15-21)16-32-24(23(27)31-2,19-6-4-3-5-7-19)22(26)18-10-12-20(13-11-18)25(28)29/h3-15,22,26H,16H2,1-2H3/t22-,24+/m1/s1. The molecule has 0 amide bonds. The molecular formula is C24H23NO7. The molecule has 0 unspecified atom stereocenters. The first-order valence-electron chi connectivity index (χ1n) is 9.75. The number of rotatable bonds is 9. The van der Waals surface area contributed by atoms with Crippen LogP contribution >= 0.6 is 0 Å². The maximum absolute atomic E-state index is 13.1. The summed E-state index contributed by atoms with van der Waals surface area (Å²) in [5.74, 6) is -0.134. The number of aliphatic hydroxyl groups excluding tert-OH is 1. The average Bonchev–Trinajstić information content (AvgIpc) is 2.85. The van der Waals surface area contributed by atoms with E-state index >= 15 is 0 Å². The Hall–Kier alpha value is -3.75. The van der Waals surface area contributed by atoms with Crippen LogP contribution in [0.3, 0.4) is 0 Å². The highest BCUT2D eigenvalue weighted by molar-refractivity contribution is 5.82. The lowest BCUT2D eigenvalue weighted by molar-refractivity contribution is -0.384. The summed E-state index contributed by atoms with van der Waals surface area (Å²) in [4.78, 5) is 23.6. The zero-order valence-electron chi connectivity index (χ0n) is 17.6. The molecule has 0 spiro atoms. The molecule has 3 aromatic rings. The van der Waals surface area contributed by atoms with Crippen molar-refractivity contribution in [3.05, 3.63) is 106 Å². The predicted molar refractivity (Wildman–Crippen MR) is 116 cm³/mol. The van der Waals surface area contributed by atoms with Crippen LogP contribution in [0.4, 0.5) is 5.69 Å². The molecule has 0 bridgehead atoms. The molecular weight excluding hydrogens is 414 g/mol. The number of aliphatic hydroxyl groups is 1. The number of hydrogen-bond acceptors (Lipinski definition) is 7. The third kappa shape index (κ3) is 4.61. The van der Waals surface area contributed by atoms with Crippen LogP contribution in [0.15, 0.2) is 78.9 Å². The van der Waals surface area contributed by atoms with Crippen LogP contribution < -0.4 is 4.74 Å². The molecule has 8 nitrogen and oxygen atoms in total. The first kappa shape index (κ1) is 22.9. The van der Waals surface area contributed by atoms with E-state index in [0.29, 0.717) is 11.3 Å². The number of nitro groups is 1. The fourth-order valence-corrected chi connectivity index (χ4v) is 3.38. The van der Waals surface area contributed by atoms with Crippen LogP contribution in [0.5, 0.6) is 5.75 Å². The van der Waals surface area contributed by atoms with Gasteiger partial charge in [-0.1, -0.05) is 42.5 Å². The van der Waals surface area contributed by atoms with E-state index in [9.17, 15) is 20.0 Å². The van der Waals surface area contributed by atoms with Crippen LogP contribution in [0.2, 0.25) is 0 Å². The topological polar surface area (TPSA) is 108 Å². The average molecular weight is 437 g/mol. The molecule has 32 heavy (non-hydrogen) atoms. The normalized spacial score (nSPS) is 13.6. The zero-order valence-corrected chi connectivity index (χ0v) is 17.6. The summed E-state index contributed by atoms with van der Waals surface area (Å²) < 4.78 is 16.3. The Morgan fingerprint density at radius 3 is 2.16 bits per heavy atom. The maximum atomic E-state index is 13.1. The molecule has 0 heterocycles. The number of methoxy groups -OCH3 is 2. The maximum Gasteiger partial charge on any atom is 0.346 e. The number of nitro benzene ring substituents is 1. The molecule has 3 aromatic carbocycles. The smallest absolute Gasteiger partial charge is 0.346 e. The number of esters is 1. The van der Waals surface area contributed by atoms with E-state index in [1.165, 1.54) is 31.4 Å². The van der Waals surface area contributed by atoms with Crippen LogP contribution in [0.1, 0.15) is 22.8 Å². The van der Waals surface area contributed by atoms with Gasteiger partial charge < -0.3 is 19.3 Å². The Kier molecular flexibility index (Phi) is 7.19. The highest BCUT2D eigenvalue weighted by Gasteiger charge is 2.50. The molecule has 0 aromatic heterocycles. The van der Waals surface area contributed by atoms with E-state index in [4.69, 9.17) is 14.2 Å².